The number of benzene rings is 2. The summed E-state index contributed by atoms with van der Waals surface area (Å²) < 4.78 is 6.41. The maximum atomic E-state index is 13.0. The fourth-order valence-electron chi connectivity index (χ4n) is 3.71. The summed E-state index contributed by atoms with van der Waals surface area (Å²) in [6.45, 7) is 4.30. The number of carbonyl (C=O) groups excluding carboxylic acids is 1. The molecule has 0 N–H and O–H groups in total. The van der Waals surface area contributed by atoms with Crippen molar-refractivity contribution in [2.24, 2.45) is 0 Å². The van der Waals surface area contributed by atoms with Crippen LogP contribution >= 0.6 is 22.9 Å². The molecule has 30 heavy (non-hydrogen) atoms. The summed E-state index contributed by atoms with van der Waals surface area (Å²) in [6.07, 6.45) is 0. The van der Waals surface area contributed by atoms with Crippen molar-refractivity contribution >= 4 is 55.2 Å². The number of aromatic nitrogens is 1. The fourth-order valence-corrected chi connectivity index (χ4v) is 4.94. The number of para-hydroxylation sites is 1. The first-order valence-electron chi connectivity index (χ1n) is 9.64. The summed E-state index contributed by atoms with van der Waals surface area (Å²) in [5.41, 5.74) is 1.87. The Labute approximate surface area is 181 Å². The molecule has 0 atom stereocenters. The minimum atomic E-state index is -0.598. The first kappa shape index (κ1) is 19.1. The molecule has 1 amide bonds. The Morgan fingerprint density at radius 3 is 2.70 bits per heavy atom. The molecule has 3 heterocycles. The summed E-state index contributed by atoms with van der Waals surface area (Å²) in [6, 6.07) is 12.7. The minimum Gasteiger partial charge on any atom is -0.422 e. The standard InChI is InChI=1S/C22H18ClN3O3S/c1-13-16(23)6-7-18-19(13)24-22(30-18)26-10-8-25(9-11-26)20(27)15-12-14-4-2-3-5-17(14)29-21(15)28/h2-7,12H,8-11H2,1H3. The highest BCUT2D eigenvalue weighted by Crippen LogP contribution is 2.33. The Balaban J connectivity index is 1.35. The molecule has 1 aliphatic heterocycles. The number of halogens is 1. The van der Waals surface area contributed by atoms with Gasteiger partial charge in [0.25, 0.3) is 5.91 Å². The number of rotatable bonds is 2. The van der Waals surface area contributed by atoms with Crippen LogP contribution in [0, 0.1) is 6.92 Å². The van der Waals surface area contributed by atoms with Crippen LogP contribution in [0.5, 0.6) is 0 Å². The molecule has 5 rings (SSSR count). The van der Waals surface area contributed by atoms with E-state index in [9.17, 15) is 9.59 Å². The van der Waals surface area contributed by atoms with Crippen LogP contribution in [0.15, 0.2) is 51.7 Å². The fraction of sp³-hybridized carbons (Fsp3) is 0.227. The summed E-state index contributed by atoms with van der Waals surface area (Å²) in [7, 11) is 0. The summed E-state index contributed by atoms with van der Waals surface area (Å²) in [4.78, 5) is 33.9. The van der Waals surface area contributed by atoms with E-state index in [-0.39, 0.29) is 11.5 Å². The van der Waals surface area contributed by atoms with Crippen molar-refractivity contribution in [1.82, 2.24) is 9.88 Å². The second-order valence-electron chi connectivity index (χ2n) is 7.28. The van der Waals surface area contributed by atoms with Crippen molar-refractivity contribution in [2.75, 3.05) is 31.1 Å². The summed E-state index contributed by atoms with van der Waals surface area (Å²) >= 11 is 7.84. The van der Waals surface area contributed by atoms with Crippen molar-refractivity contribution in [3.63, 3.8) is 0 Å². The van der Waals surface area contributed by atoms with Crippen LogP contribution < -0.4 is 10.5 Å². The lowest BCUT2D eigenvalue weighted by Gasteiger charge is -2.34. The van der Waals surface area contributed by atoms with Gasteiger partial charge in [-0.3, -0.25) is 4.79 Å². The van der Waals surface area contributed by atoms with Crippen molar-refractivity contribution in [1.29, 1.82) is 0 Å². The zero-order chi connectivity index (χ0) is 20.8. The van der Waals surface area contributed by atoms with E-state index in [4.69, 9.17) is 21.0 Å². The Kier molecular flexibility index (Phi) is 4.72. The van der Waals surface area contributed by atoms with Gasteiger partial charge < -0.3 is 14.2 Å². The lowest BCUT2D eigenvalue weighted by atomic mass is 10.1. The van der Waals surface area contributed by atoms with Gasteiger partial charge in [-0.15, -0.1) is 0 Å². The molecule has 0 radical (unpaired) electrons. The molecule has 0 aliphatic carbocycles. The molecule has 4 aromatic rings. The number of hydrogen-bond acceptors (Lipinski definition) is 6. The molecule has 2 aromatic carbocycles. The topological polar surface area (TPSA) is 66.7 Å². The van der Waals surface area contributed by atoms with Crippen LogP contribution in [0.3, 0.4) is 0 Å². The molecule has 0 bridgehead atoms. The van der Waals surface area contributed by atoms with Gasteiger partial charge in [0.1, 0.15) is 11.1 Å². The molecule has 6 nitrogen and oxygen atoms in total. The van der Waals surface area contributed by atoms with Gasteiger partial charge in [0.05, 0.1) is 10.2 Å². The zero-order valence-electron chi connectivity index (χ0n) is 16.2. The molecule has 1 fully saturated rings. The molecular formula is C22H18ClN3O3S. The van der Waals surface area contributed by atoms with Crippen LogP contribution in [0.1, 0.15) is 15.9 Å². The maximum Gasteiger partial charge on any atom is 0.349 e. The Morgan fingerprint density at radius 1 is 1.13 bits per heavy atom. The SMILES string of the molecule is Cc1c(Cl)ccc2sc(N3CCN(C(=O)c4cc5ccccc5oc4=O)CC3)nc12. The number of aryl methyl sites for hydroxylation is 1. The van der Waals surface area contributed by atoms with Gasteiger partial charge in [-0.05, 0) is 36.8 Å². The number of anilines is 1. The predicted molar refractivity (Wildman–Crippen MR) is 120 cm³/mol. The normalized spacial score (nSPS) is 14.6. The number of piperazine rings is 1. The van der Waals surface area contributed by atoms with E-state index >= 15 is 0 Å². The number of thiazole rings is 1. The molecule has 0 spiro atoms. The van der Waals surface area contributed by atoms with E-state index in [0.717, 1.165) is 26.3 Å². The van der Waals surface area contributed by atoms with Crippen LogP contribution in [-0.4, -0.2) is 42.0 Å². The largest absolute Gasteiger partial charge is 0.422 e. The van der Waals surface area contributed by atoms with Crippen molar-refractivity contribution in [3.8, 4) is 0 Å². The highest BCUT2D eigenvalue weighted by molar-refractivity contribution is 7.22. The quantitative estimate of drug-likeness (QED) is 0.435. The lowest BCUT2D eigenvalue weighted by molar-refractivity contribution is 0.0742. The van der Waals surface area contributed by atoms with Crippen LogP contribution in [0.4, 0.5) is 5.13 Å². The number of nitrogens with zero attached hydrogens (tertiary/aromatic N) is 3. The van der Waals surface area contributed by atoms with Gasteiger partial charge in [0.2, 0.25) is 0 Å². The van der Waals surface area contributed by atoms with E-state index in [1.165, 1.54) is 0 Å². The average Bonchev–Trinajstić information content (AvgIpc) is 3.21. The molecule has 2 aromatic heterocycles. The second kappa shape index (κ2) is 7.41. The third-order valence-corrected chi connectivity index (χ3v) is 6.94. The molecular weight excluding hydrogens is 422 g/mol. The van der Waals surface area contributed by atoms with Gasteiger partial charge in [0, 0.05) is 36.6 Å². The zero-order valence-corrected chi connectivity index (χ0v) is 17.8. The highest BCUT2D eigenvalue weighted by Gasteiger charge is 2.26. The predicted octanol–water partition coefficient (Wildman–Crippen LogP) is 4.33. The van der Waals surface area contributed by atoms with Gasteiger partial charge >= 0.3 is 5.63 Å². The summed E-state index contributed by atoms with van der Waals surface area (Å²) in [5, 5.41) is 2.37. The molecule has 8 heteroatoms. The third kappa shape index (κ3) is 3.24. The molecule has 1 aliphatic rings. The summed E-state index contributed by atoms with van der Waals surface area (Å²) in [5.74, 6) is -0.291. The third-order valence-electron chi connectivity index (χ3n) is 5.45. The van der Waals surface area contributed by atoms with E-state index in [0.29, 0.717) is 36.8 Å². The Bertz CT molecular complexity index is 1340. The maximum absolute atomic E-state index is 13.0. The van der Waals surface area contributed by atoms with E-state index in [1.54, 1.807) is 34.4 Å². The highest BCUT2D eigenvalue weighted by atomic mass is 35.5. The van der Waals surface area contributed by atoms with Crippen LogP contribution in [0.2, 0.25) is 5.02 Å². The number of hydrogen-bond donors (Lipinski definition) is 0. The molecule has 152 valence electrons. The monoisotopic (exact) mass is 439 g/mol. The smallest absolute Gasteiger partial charge is 0.349 e. The molecule has 0 saturated carbocycles. The number of fused-ring (bicyclic) bond motifs is 2. The number of carbonyl (C=O) groups is 1. The van der Waals surface area contributed by atoms with Crippen molar-refractivity contribution in [3.05, 3.63) is 69.0 Å². The number of amides is 1. The van der Waals surface area contributed by atoms with Crippen LogP contribution in [-0.2, 0) is 0 Å². The van der Waals surface area contributed by atoms with Crippen LogP contribution in [0.25, 0.3) is 21.2 Å². The lowest BCUT2D eigenvalue weighted by Crippen LogP contribution is -2.49. The Hall–Kier alpha value is -2.90. The van der Waals surface area contributed by atoms with Crippen molar-refractivity contribution in [2.45, 2.75) is 6.92 Å². The second-order valence-corrected chi connectivity index (χ2v) is 8.70. The average molecular weight is 440 g/mol. The first-order valence-corrected chi connectivity index (χ1v) is 10.8. The van der Waals surface area contributed by atoms with E-state index < -0.39 is 5.63 Å². The van der Waals surface area contributed by atoms with Crippen molar-refractivity contribution < 1.29 is 9.21 Å². The molecule has 1 saturated heterocycles. The van der Waals surface area contributed by atoms with Gasteiger partial charge in [-0.2, -0.15) is 0 Å². The van der Waals surface area contributed by atoms with Gasteiger partial charge in [-0.25, -0.2) is 9.78 Å². The minimum absolute atomic E-state index is 0.0763. The van der Waals surface area contributed by atoms with E-state index in [2.05, 4.69) is 4.90 Å². The Morgan fingerprint density at radius 2 is 1.90 bits per heavy atom. The van der Waals surface area contributed by atoms with Gasteiger partial charge in [-0.1, -0.05) is 41.1 Å². The molecule has 0 unspecified atom stereocenters. The van der Waals surface area contributed by atoms with E-state index in [1.807, 2.05) is 31.2 Å². The first-order chi connectivity index (χ1) is 14.5. The van der Waals surface area contributed by atoms with Gasteiger partial charge in [0.15, 0.2) is 5.13 Å².